The number of Topliss-reactive ketones (excluding diaryl/α,β-unsaturated/α-hetero) is 1. The van der Waals surface area contributed by atoms with Gasteiger partial charge in [-0.25, -0.2) is 4.68 Å². The highest BCUT2D eigenvalue weighted by Gasteiger charge is 2.40. The summed E-state index contributed by atoms with van der Waals surface area (Å²) in [5.74, 6) is 1.73. The molecular formula is C24H21N5O. The number of carbonyl (C=O) groups is 1. The Balaban J connectivity index is 1.52. The summed E-state index contributed by atoms with van der Waals surface area (Å²) in [5, 5.41) is 9.17. The Kier molecular flexibility index (Phi) is 3.68. The van der Waals surface area contributed by atoms with Gasteiger partial charge >= 0.3 is 0 Å². The second-order valence-corrected chi connectivity index (χ2v) is 8.08. The van der Waals surface area contributed by atoms with E-state index in [1.807, 2.05) is 48.1 Å². The van der Waals surface area contributed by atoms with E-state index in [1.165, 1.54) is 5.56 Å². The molecule has 0 amide bonds. The predicted octanol–water partition coefficient (Wildman–Crippen LogP) is 4.48. The molecule has 2 atom stereocenters. The summed E-state index contributed by atoms with van der Waals surface area (Å²) >= 11 is 0. The lowest BCUT2D eigenvalue weighted by atomic mass is 9.78. The van der Waals surface area contributed by atoms with E-state index in [1.54, 1.807) is 0 Å². The molecule has 4 aromatic rings. The molecule has 0 radical (unpaired) electrons. The number of ketones is 1. The molecular weight excluding hydrogens is 374 g/mol. The number of anilines is 1. The Bertz CT molecular complexity index is 1310. The van der Waals surface area contributed by atoms with Crippen LogP contribution in [0.1, 0.15) is 41.8 Å². The molecule has 0 fully saturated rings. The standard InChI is InChI=1S/C24H21N5O/c1-14-26-24-27-20-11-16(15-7-3-2-4-8-15)12-21(30)22(20)23(29(24)28-14)18-13-25-19-10-6-5-9-17(18)19/h2-10,13,16,23,25H,11-12H2,1H3,(H,26,27,28). The van der Waals surface area contributed by atoms with Gasteiger partial charge in [-0.3, -0.25) is 4.79 Å². The van der Waals surface area contributed by atoms with Crippen LogP contribution in [0.2, 0.25) is 0 Å². The zero-order chi connectivity index (χ0) is 20.2. The third kappa shape index (κ3) is 2.53. The molecule has 0 saturated heterocycles. The number of hydrogen-bond donors (Lipinski definition) is 2. The zero-order valence-corrected chi connectivity index (χ0v) is 16.6. The van der Waals surface area contributed by atoms with Crippen molar-refractivity contribution in [1.82, 2.24) is 19.7 Å². The van der Waals surface area contributed by atoms with Gasteiger partial charge in [0.1, 0.15) is 11.9 Å². The van der Waals surface area contributed by atoms with Crippen LogP contribution in [-0.2, 0) is 4.79 Å². The molecule has 2 aliphatic rings. The van der Waals surface area contributed by atoms with Crippen LogP contribution in [0, 0.1) is 6.92 Å². The highest BCUT2D eigenvalue weighted by molar-refractivity contribution is 6.01. The molecule has 6 rings (SSSR count). The van der Waals surface area contributed by atoms with Gasteiger partial charge in [-0.2, -0.15) is 10.1 Å². The second-order valence-electron chi connectivity index (χ2n) is 8.08. The summed E-state index contributed by atoms with van der Waals surface area (Å²) in [7, 11) is 0. The Morgan fingerprint density at radius 1 is 1.03 bits per heavy atom. The molecule has 0 spiro atoms. The maximum absolute atomic E-state index is 13.5. The predicted molar refractivity (Wildman–Crippen MR) is 115 cm³/mol. The number of benzene rings is 2. The van der Waals surface area contributed by atoms with Gasteiger partial charge in [-0.05, 0) is 30.9 Å². The first kappa shape index (κ1) is 17.2. The number of nitrogens with zero attached hydrogens (tertiary/aromatic N) is 3. The minimum atomic E-state index is -0.280. The molecule has 2 aromatic carbocycles. The van der Waals surface area contributed by atoms with E-state index in [0.717, 1.165) is 34.2 Å². The fraction of sp³-hybridized carbons (Fsp3) is 0.208. The van der Waals surface area contributed by atoms with Gasteiger partial charge in [0.05, 0.1) is 0 Å². The molecule has 1 aliphatic carbocycles. The summed E-state index contributed by atoms with van der Waals surface area (Å²) in [6.45, 7) is 1.88. The number of H-pyrrole nitrogens is 1. The van der Waals surface area contributed by atoms with Crippen LogP contribution in [0.3, 0.4) is 0 Å². The van der Waals surface area contributed by atoms with Gasteiger partial charge < -0.3 is 10.3 Å². The number of aryl methyl sites for hydroxylation is 1. The Labute approximate surface area is 173 Å². The quantitative estimate of drug-likeness (QED) is 0.525. The molecule has 2 N–H and O–H groups in total. The first-order valence-corrected chi connectivity index (χ1v) is 10.3. The summed E-state index contributed by atoms with van der Waals surface area (Å²) in [5.41, 5.74) is 5.08. The molecule has 6 heteroatoms. The molecule has 30 heavy (non-hydrogen) atoms. The first-order chi connectivity index (χ1) is 14.7. The smallest absolute Gasteiger partial charge is 0.226 e. The van der Waals surface area contributed by atoms with Crippen molar-refractivity contribution in [2.45, 2.75) is 31.7 Å². The van der Waals surface area contributed by atoms with Gasteiger partial charge in [0, 0.05) is 40.4 Å². The highest BCUT2D eigenvalue weighted by atomic mass is 16.1. The van der Waals surface area contributed by atoms with Gasteiger partial charge in [0.15, 0.2) is 5.78 Å². The van der Waals surface area contributed by atoms with E-state index in [-0.39, 0.29) is 17.7 Å². The molecule has 1 aliphatic heterocycles. The lowest BCUT2D eigenvalue weighted by molar-refractivity contribution is -0.116. The van der Waals surface area contributed by atoms with Crippen LogP contribution < -0.4 is 5.32 Å². The van der Waals surface area contributed by atoms with E-state index in [4.69, 9.17) is 0 Å². The fourth-order valence-corrected chi connectivity index (χ4v) is 4.89. The SMILES string of the molecule is Cc1nc2n(n1)C(c1c[nH]c3ccccc13)C1=C(CC(c3ccccc3)CC1=O)N2. The Hall–Kier alpha value is -3.67. The van der Waals surface area contributed by atoms with Gasteiger partial charge in [-0.1, -0.05) is 48.5 Å². The number of carbonyl (C=O) groups excluding carboxylic acids is 1. The van der Waals surface area contributed by atoms with Crippen LogP contribution >= 0.6 is 0 Å². The van der Waals surface area contributed by atoms with Crippen molar-refractivity contribution in [2.75, 3.05) is 5.32 Å². The Morgan fingerprint density at radius 3 is 2.70 bits per heavy atom. The number of fused-ring (bicyclic) bond motifs is 2. The van der Waals surface area contributed by atoms with E-state index < -0.39 is 0 Å². The number of nitrogens with one attached hydrogen (secondary N) is 2. The fourth-order valence-electron chi connectivity index (χ4n) is 4.89. The normalized spacial score (nSPS) is 20.8. The van der Waals surface area contributed by atoms with E-state index in [2.05, 4.69) is 44.6 Å². The second kappa shape index (κ2) is 6.42. The van der Waals surface area contributed by atoms with Crippen molar-refractivity contribution >= 4 is 22.6 Å². The van der Waals surface area contributed by atoms with Crippen LogP contribution in [0.15, 0.2) is 72.1 Å². The largest absolute Gasteiger partial charge is 0.361 e. The van der Waals surface area contributed by atoms with E-state index in [0.29, 0.717) is 18.2 Å². The number of allylic oxidation sites excluding steroid dienone is 2. The van der Waals surface area contributed by atoms with Gasteiger partial charge in [0.2, 0.25) is 5.95 Å². The monoisotopic (exact) mass is 395 g/mol. The van der Waals surface area contributed by atoms with Crippen molar-refractivity contribution in [3.05, 3.63) is 89.0 Å². The van der Waals surface area contributed by atoms with Crippen LogP contribution in [0.25, 0.3) is 10.9 Å². The van der Waals surface area contributed by atoms with Crippen molar-refractivity contribution in [2.24, 2.45) is 0 Å². The molecule has 0 bridgehead atoms. The van der Waals surface area contributed by atoms with Crippen molar-refractivity contribution in [1.29, 1.82) is 0 Å². The van der Waals surface area contributed by atoms with Crippen LogP contribution in [-0.4, -0.2) is 25.5 Å². The van der Waals surface area contributed by atoms with Crippen molar-refractivity contribution < 1.29 is 4.79 Å². The van der Waals surface area contributed by atoms with E-state index >= 15 is 0 Å². The average Bonchev–Trinajstić information content (AvgIpc) is 3.35. The molecule has 148 valence electrons. The lowest BCUT2D eigenvalue weighted by Gasteiger charge is -2.35. The number of aromatic nitrogens is 4. The zero-order valence-electron chi connectivity index (χ0n) is 16.6. The first-order valence-electron chi connectivity index (χ1n) is 10.3. The number of aromatic amines is 1. The minimum absolute atomic E-state index is 0.170. The van der Waals surface area contributed by atoms with Crippen molar-refractivity contribution in [3.8, 4) is 0 Å². The number of para-hydroxylation sites is 1. The minimum Gasteiger partial charge on any atom is -0.361 e. The molecule has 3 heterocycles. The van der Waals surface area contributed by atoms with Crippen LogP contribution in [0.5, 0.6) is 0 Å². The summed E-state index contributed by atoms with van der Waals surface area (Å²) < 4.78 is 1.87. The third-order valence-corrected chi connectivity index (χ3v) is 6.21. The average molecular weight is 395 g/mol. The summed E-state index contributed by atoms with van der Waals surface area (Å²) in [4.78, 5) is 21.4. The molecule has 0 saturated carbocycles. The van der Waals surface area contributed by atoms with Crippen LogP contribution in [0.4, 0.5) is 5.95 Å². The number of rotatable bonds is 2. The molecule has 6 nitrogen and oxygen atoms in total. The lowest BCUT2D eigenvalue weighted by Crippen LogP contribution is -2.33. The van der Waals surface area contributed by atoms with Crippen molar-refractivity contribution in [3.63, 3.8) is 0 Å². The highest BCUT2D eigenvalue weighted by Crippen LogP contribution is 2.45. The van der Waals surface area contributed by atoms with Gasteiger partial charge in [-0.15, -0.1) is 0 Å². The third-order valence-electron chi connectivity index (χ3n) is 6.21. The maximum atomic E-state index is 13.5. The maximum Gasteiger partial charge on any atom is 0.226 e. The molecule has 2 aromatic heterocycles. The van der Waals surface area contributed by atoms with Gasteiger partial charge in [0.25, 0.3) is 0 Å². The number of hydrogen-bond acceptors (Lipinski definition) is 4. The topological polar surface area (TPSA) is 75.6 Å². The summed E-state index contributed by atoms with van der Waals surface area (Å²) in [6, 6.07) is 18.2. The summed E-state index contributed by atoms with van der Waals surface area (Å²) in [6.07, 6.45) is 3.30. The molecule has 2 unspecified atom stereocenters. The van der Waals surface area contributed by atoms with E-state index in [9.17, 15) is 4.79 Å². The Morgan fingerprint density at radius 2 is 1.83 bits per heavy atom.